The van der Waals surface area contributed by atoms with Crippen LogP contribution >= 0.6 is 0 Å². The van der Waals surface area contributed by atoms with Crippen molar-refractivity contribution in [3.05, 3.63) is 29.8 Å². The third-order valence-corrected chi connectivity index (χ3v) is 4.22. The first-order valence-corrected chi connectivity index (χ1v) is 8.42. The molecule has 0 aliphatic carbocycles. The third kappa shape index (κ3) is 7.24. The van der Waals surface area contributed by atoms with Crippen molar-refractivity contribution in [1.82, 2.24) is 0 Å². The van der Waals surface area contributed by atoms with Crippen molar-refractivity contribution < 1.29 is 22.1 Å². The van der Waals surface area contributed by atoms with Crippen LogP contribution in [0.15, 0.2) is 29.2 Å². The second-order valence-corrected chi connectivity index (χ2v) is 6.46. The molecule has 0 atom stereocenters. The fourth-order valence-corrected chi connectivity index (χ4v) is 2.66. The zero-order valence-corrected chi connectivity index (χ0v) is 13.3. The number of hydrogen-bond acceptors (Lipinski definition) is 5. The summed E-state index contributed by atoms with van der Waals surface area (Å²) >= 11 is 0. The molecular weight excluding hydrogens is 292 g/mol. The lowest BCUT2D eigenvalue weighted by Crippen LogP contribution is -2.07. The van der Waals surface area contributed by atoms with Crippen LogP contribution in [0.25, 0.3) is 0 Å². The number of carbonyl (C=O) groups excluding carboxylic acids is 1. The highest BCUT2D eigenvalue weighted by molar-refractivity contribution is 7.86. The molecule has 118 valence electrons. The summed E-state index contributed by atoms with van der Waals surface area (Å²) in [5.41, 5.74) is 1.00. The Kier molecular flexibility index (Phi) is 7.39. The van der Waals surface area contributed by atoms with Crippen LogP contribution in [0.1, 0.15) is 38.2 Å². The van der Waals surface area contributed by atoms with E-state index in [1.807, 2.05) is 6.92 Å². The lowest BCUT2D eigenvalue weighted by Gasteiger charge is -2.06. The Hall–Kier alpha value is -1.40. The molecule has 0 spiro atoms. The fourth-order valence-electron chi connectivity index (χ4n) is 1.72. The minimum Gasteiger partial charge on any atom is -0.466 e. The minimum atomic E-state index is -3.66. The molecule has 5 nitrogen and oxygen atoms in total. The largest absolute Gasteiger partial charge is 0.466 e. The highest BCUT2D eigenvalue weighted by atomic mass is 32.2. The Labute approximate surface area is 126 Å². The number of carbonyl (C=O) groups is 1. The van der Waals surface area contributed by atoms with Gasteiger partial charge in [0.2, 0.25) is 0 Å². The van der Waals surface area contributed by atoms with Gasteiger partial charge < -0.3 is 4.74 Å². The normalized spacial score (nSPS) is 11.3. The lowest BCUT2D eigenvalue weighted by atomic mass is 10.2. The van der Waals surface area contributed by atoms with Crippen LogP contribution in [-0.4, -0.2) is 27.6 Å². The van der Waals surface area contributed by atoms with E-state index in [0.29, 0.717) is 13.0 Å². The predicted molar refractivity (Wildman–Crippen MR) is 79.4 cm³/mol. The molecule has 0 bridgehead atoms. The molecule has 0 heterocycles. The topological polar surface area (TPSA) is 69.7 Å². The van der Waals surface area contributed by atoms with E-state index in [4.69, 9.17) is 8.92 Å². The third-order valence-electron chi connectivity index (χ3n) is 2.89. The second kappa shape index (κ2) is 8.79. The number of unbranched alkanes of at least 4 members (excludes halogenated alkanes) is 3. The maximum atomic E-state index is 11.9. The summed E-state index contributed by atoms with van der Waals surface area (Å²) in [6.45, 7) is 3.86. The summed E-state index contributed by atoms with van der Waals surface area (Å²) in [7, 11) is -3.66. The number of hydrogen-bond donors (Lipinski definition) is 0. The number of aryl methyl sites for hydroxylation is 1. The quantitative estimate of drug-likeness (QED) is 0.398. The number of rotatable bonds is 9. The lowest BCUT2D eigenvalue weighted by molar-refractivity contribution is -0.141. The molecule has 0 radical (unpaired) electrons. The Balaban J connectivity index is 2.20. The van der Waals surface area contributed by atoms with E-state index >= 15 is 0 Å². The Bertz CT molecular complexity index is 534. The van der Waals surface area contributed by atoms with Gasteiger partial charge >= 0.3 is 5.97 Å². The summed E-state index contributed by atoms with van der Waals surface area (Å²) < 4.78 is 33.5. The van der Waals surface area contributed by atoms with Crippen molar-refractivity contribution in [2.75, 3.05) is 13.2 Å². The van der Waals surface area contributed by atoms with E-state index in [0.717, 1.165) is 24.8 Å². The van der Waals surface area contributed by atoms with E-state index in [1.54, 1.807) is 24.3 Å². The summed E-state index contributed by atoms with van der Waals surface area (Å²) in [5, 5.41) is 0. The fraction of sp³-hybridized carbons (Fsp3) is 0.533. The van der Waals surface area contributed by atoms with Gasteiger partial charge in [0.1, 0.15) is 0 Å². The van der Waals surface area contributed by atoms with Crippen LogP contribution in [0, 0.1) is 6.92 Å². The first-order valence-electron chi connectivity index (χ1n) is 7.01. The molecule has 0 aliphatic heterocycles. The van der Waals surface area contributed by atoms with Gasteiger partial charge in [-0.25, -0.2) is 0 Å². The van der Waals surface area contributed by atoms with E-state index in [-0.39, 0.29) is 17.5 Å². The summed E-state index contributed by atoms with van der Waals surface area (Å²) in [5.74, 6) is -0.275. The highest BCUT2D eigenvalue weighted by Crippen LogP contribution is 2.14. The Morgan fingerprint density at radius 1 is 1.00 bits per heavy atom. The summed E-state index contributed by atoms with van der Waals surface area (Å²) in [6.07, 6.45) is 3.15. The van der Waals surface area contributed by atoms with E-state index in [9.17, 15) is 13.2 Å². The van der Waals surface area contributed by atoms with Crippen molar-refractivity contribution in [2.45, 2.75) is 44.4 Å². The molecule has 1 rings (SSSR count). The number of esters is 1. The number of benzene rings is 1. The smallest absolute Gasteiger partial charge is 0.302 e. The minimum absolute atomic E-state index is 0.170. The highest BCUT2D eigenvalue weighted by Gasteiger charge is 2.14. The maximum absolute atomic E-state index is 11.9. The van der Waals surface area contributed by atoms with Gasteiger partial charge in [-0.3, -0.25) is 8.98 Å². The number of ether oxygens (including phenoxy) is 1. The van der Waals surface area contributed by atoms with Gasteiger partial charge in [0.15, 0.2) is 0 Å². The van der Waals surface area contributed by atoms with Crippen molar-refractivity contribution in [2.24, 2.45) is 0 Å². The zero-order valence-electron chi connectivity index (χ0n) is 12.5. The van der Waals surface area contributed by atoms with Gasteiger partial charge in [0.05, 0.1) is 18.1 Å². The van der Waals surface area contributed by atoms with E-state index in [2.05, 4.69) is 0 Å². The van der Waals surface area contributed by atoms with Crippen molar-refractivity contribution in [3.8, 4) is 0 Å². The molecule has 1 aromatic carbocycles. The van der Waals surface area contributed by atoms with Gasteiger partial charge in [-0.1, -0.05) is 24.1 Å². The van der Waals surface area contributed by atoms with Crippen LogP contribution < -0.4 is 0 Å². The molecule has 0 aromatic heterocycles. The molecule has 6 heteroatoms. The average molecular weight is 314 g/mol. The van der Waals surface area contributed by atoms with Crippen LogP contribution in [0.3, 0.4) is 0 Å². The first kappa shape index (κ1) is 17.7. The molecule has 0 N–H and O–H groups in total. The summed E-state index contributed by atoms with van der Waals surface area (Å²) in [4.78, 5) is 10.7. The molecule has 1 aromatic rings. The van der Waals surface area contributed by atoms with Gasteiger partial charge in [0, 0.05) is 6.92 Å². The molecule has 0 fully saturated rings. The first-order chi connectivity index (χ1) is 9.92. The van der Waals surface area contributed by atoms with Gasteiger partial charge in [-0.05, 0) is 38.3 Å². The second-order valence-electron chi connectivity index (χ2n) is 4.84. The van der Waals surface area contributed by atoms with Crippen LogP contribution in [0.4, 0.5) is 0 Å². The monoisotopic (exact) mass is 314 g/mol. The molecule has 0 unspecified atom stereocenters. The van der Waals surface area contributed by atoms with E-state index in [1.165, 1.54) is 6.92 Å². The molecule has 0 saturated heterocycles. The van der Waals surface area contributed by atoms with Crippen LogP contribution in [0.2, 0.25) is 0 Å². The SMILES string of the molecule is CC(=O)OCCCCCCOS(=O)(=O)c1ccc(C)cc1. The van der Waals surface area contributed by atoms with E-state index < -0.39 is 10.1 Å². The molecular formula is C15H22O5S. The standard InChI is InChI=1S/C15H22O5S/c1-13-7-9-15(10-8-13)21(17,18)20-12-6-4-3-5-11-19-14(2)16/h7-10H,3-6,11-12H2,1-2H3. The van der Waals surface area contributed by atoms with Gasteiger partial charge in [0.25, 0.3) is 10.1 Å². The molecule has 0 amide bonds. The van der Waals surface area contributed by atoms with Crippen molar-refractivity contribution >= 4 is 16.1 Å². The summed E-state index contributed by atoms with van der Waals surface area (Å²) in [6, 6.07) is 6.57. The van der Waals surface area contributed by atoms with Crippen LogP contribution in [-0.2, 0) is 23.8 Å². The Morgan fingerprint density at radius 2 is 1.57 bits per heavy atom. The molecule has 0 aliphatic rings. The maximum Gasteiger partial charge on any atom is 0.302 e. The van der Waals surface area contributed by atoms with Gasteiger partial charge in [-0.15, -0.1) is 0 Å². The molecule has 0 saturated carbocycles. The zero-order chi connectivity index (χ0) is 15.7. The van der Waals surface area contributed by atoms with Crippen LogP contribution in [0.5, 0.6) is 0 Å². The molecule has 21 heavy (non-hydrogen) atoms. The van der Waals surface area contributed by atoms with Gasteiger partial charge in [-0.2, -0.15) is 8.42 Å². The Morgan fingerprint density at radius 3 is 2.14 bits per heavy atom. The average Bonchev–Trinajstić information content (AvgIpc) is 2.42. The van der Waals surface area contributed by atoms with Crippen molar-refractivity contribution in [1.29, 1.82) is 0 Å². The predicted octanol–water partition coefficient (Wildman–Crippen LogP) is 2.82. The van der Waals surface area contributed by atoms with Crippen molar-refractivity contribution in [3.63, 3.8) is 0 Å².